The van der Waals surface area contributed by atoms with Gasteiger partial charge < -0.3 is 5.73 Å². The number of hydrogen-bond donors (Lipinski definition) is 2. The largest absolute Gasteiger partial charge is 0.383 e. The average Bonchev–Trinajstić information content (AvgIpc) is 2.80. The second-order valence-electron chi connectivity index (χ2n) is 4.95. The Hall–Kier alpha value is -2.89. The van der Waals surface area contributed by atoms with Crippen molar-refractivity contribution < 1.29 is 0 Å². The maximum atomic E-state index is 11.5. The molecule has 0 atom stereocenters. The molecular formula is C15H15N5O. The number of nitrogens with zero attached hydrogens (tertiary/aromatic N) is 3. The van der Waals surface area contributed by atoms with Gasteiger partial charge in [-0.3, -0.25) is 9.78 Å². The molecule has 0 aliphatic heterocycles. The molecule has 2 aromatic heterocycles. The van der Waals surface area contributed by atoms with E-state index in [0.717, 1.165) is 16.8 Å². The topological polar surface area (TPSA) is 89.6 Å². The summed E-state index contributed by atoms with van der Waals surface area (Å²) in [6, 6.07) is 11.2. The third kappa shape index (κ3) is 2.55. The Morgan fingerprint density at radius 2 is 2.00 bits per heavy atom. The van der Waals surface area contributed by atoms with Gasteiger partial charge in [0.1, 0.15) is 5.82 Å². The lowest BCUT2D eigenvalue weighted by Gasteiger charge is -2.03. The Labute approximate surface area is 121 Å². The fourth-order valence-corrected chi connectivity index (χ4v) is 2.17. The first kappa shape index (κ1) is 13.1. The zero-order valence-electron chi connectivity index (χ0n) is 11.8. The van der Waals surface area contributed by atoms with Crippen LogP contribution in [0, 0.1) is 13.8 Å². The van der Waals surface area contributed by atoms with Crippen molar-refractivity contribution >= 4 is 5.82 Å². The molecule has 0 bridgehead atoms. The Kier molecular flexibility index (Phi) is 3.06. The minimum atomic E-state index is -0.232. The first-order valence-corrected chi connectivity index (χ1v) is 6.54. The van der Waals surface area contributed by atoms with Gasteiger partial charge in [0.15, 0.2) is 0 Å². The van der Waals surface area contributed by atoms with Crippen molar-refractivity contribution in [3.05, 3.63) is 58.0 Å². The summed E-state index contributed by atoms with van der Waals surface area (Å²) in [7, 11) is 0. The van der Waals surface area contributed by atoms with Crippen molar-refractivity contribution in [2.75, 3.05) is 5.73 Å². The molecule has 21 heavy (non-hydrogen) atoms. The van der Waals surface area contributed by atoms with Crippen molar-refractivity contribution in [1.82, 2.24) is 19.7 Å². The van der Waals surface area contributed by atoms with Gasteiger partial charge in [-0.15, -0.1) is 0 Å². The highest BCUT2D eigenvalue weighted by Gasteiger charge is 2.11. The van der Waals surface area contributed by atoms with Crippen LogP contribution in [0.4, 0.5) is 5.82 Å². The molecule has 106 valence electrons. The van der Waals surface area contributed by atoms with Crippen LogP contribution in [0.3, 0.4) is 0 Å². The molecule has 0 saturated heterocycles. The van der Waals surface area contributed by atoms with Crippen LogP contribution in [0.2, 0.25) is 0 Å². The Bertz CT molecular complexity index is 862. The van der Waals surface area contributed by atoms with Gasteiger partial charge in [0.05, 0.1) is 5.69 Å². The van der Waals surface area contributed by atoms with Crippen LogP contribution in [-0.2, 0) is 0 Å². The fraction of sp³-hybridized carbons (Fsp3) is 0.133. The minimum absolute atomic E-state index is 0.232. The number of H-pyrrole nitrogens is 1. The number of benzene rings is 1. The zero-order valence-corrected chi connectivity index (χ0v) is 11.8. The van der Waals surface area contributed by atoms with Gasteiger partial charge in [-0.2, -0.15) is 9.78 Å². The van der Waals surface area contributed by atoms with E-state index in [1.54, 1.807) is 13.0 Å². The molecule has 0 unspecified atom stereocenters. The van der Waals surface area contributed by atoms with E-state index in [0.29, 0.717) is 17.5 Å². The summed E-state index contributed by atoms with van der Waals surface area (Å²) in [4.78, 5) is 18.4. The minimum Gasteiger partial charge on any atom is -0.383 e. The van der Waals surface area contributed by atoms with Crippen LogP contribution in [0.5, 0.6) is 0 Å². The highest BCUT2D eigenvalue weighted by Crippen LogP contribution is 2.22. The lowest BCUT2D eigenvalue weighted by atomic mass is 10.1. The van der Waals surface area contributed by atoms with Gasteiger partial charge in [-0.25, -0.2) is 4.98 Å². The van der Waals surface area contributed by atoms with Gasteiger partial charge in [0, 0.05) is 23.4 Å². The van der Waals surface area contributed by atoms with Crippen molar-refractivity contribution in [2.24, 2.45) is 0 Å². The second-order valence-corrected chi connectivity index (χ2v) is 4.95. The summed E-state index contributed by atoms with van der Waals surface area (Å²) in [5.74, 6) is 0.733. The molecular weight excluding hydrogens is 266 g/mol. The van der Waals surface area contributed by atoms with E-state index < -0.39 is 0 Å². The third-order valence-electron chi connectivity index (χ3n) is 3.11. The lowest BCUT2D eigenvalue weighted by Crippen LogP contribution is -2.15. The van der Waals surface area contributed by atoms with Gasteiger partial charge in [0.25, 0.3) is 5.56 Å². The molecule has 0 radical (unpaired) electrons. The van der Waals surface area contributed by atoms with Crippen LogP contribution in [-0.4, -0.2) is 19.7 Å². The lowest BCUT2D eigenvalue weighted by molar-refractivity contribution is 0.805. The van der Waals surface area contributed by atoms with E-state index in [-0.39, 0.29) is 5.56 Å². The first-order chi connectivity index (χ1) is 10.0. The molecule has 0 amide bonds. The molecule has 3 aromatic rings. The molecule has 6 nitrogen and oxygen atoms in total. The zero-order chi connectivity index (χ0) is 15.0. The molecule has 6 heteroatoms. The van der Waals surface area contributed by atoms with Gasteiger partial charge >= 0.3 is 0 Å². The smallest absolute Gasteiger partial charge is 0.252 e. The molecule has 0 fully saturated rings. The number of nitrogens with two attached hydrogens (primary N) is 1. The van der Waals surface area contributed by atoms with Crippen molar-refractivity contribution in [3.63, 3.8) is 0 Å². The van der Waals surface area contributed by atoms with E-state index in [1.165, 1.54) is 10.7 Å². The maximum absolute atomic E-state index is 11.5. The molecule has 0 saturated carbocycles. The van der Waals surface area contributed by atoms with Gasteiger partial charge in [0.2, 0.25) is 5.95 Å². The van der Waals surface area contributed by atoms with E-state index in [4.69, 9.17) is 5.73 Å². The number of nitrogen functional groups attached to an aromatic ring is 1. The Morgan fingerprint density at radius 3 is 2.71 bits per heavy atom. The third-order valence-corrected chi connectivity index (χ3v) is 3.11. The Morgan fingerprint density at radius 1 is 1.19 bits per heavy atom. The molecule has 1 aromatic carbocycles. The summed E-state index contributed by atoms with van der Waals surface area (Å²) >= 11 is 0. The quantitative estimate of drug-likeness (QED) is 0.749. The van der Waals surface area contributed by atoms with E-state index >= 15 is 0 Å². The monoisotopic (exact) mass is 281 g/mol. The molecule has 3 rings (SSSR count). The number of aryl methyl sites for hydroxylation is 2. The molecule has 2 heterocycles. The molecule has 3 N–H and O–H groups in total. The summed E-state index contributed by atoms with van der Waals surface area (Å²) in [5.41, 5.74) is 9.21. The predicted molar refractivity (Wildman–Crippen MR) is 81.3 cm³/mol. The van der Waals surface area contributed by atoms with Gasteiger partial charge in [-0.1, -0.05) is 23.8 Å². The number of anilines is 1. The maximum Gasteiger partial charge on any atom is 0.252 e. The van der Waals surface area contributed by atoms with E-state index in [9.17, 15) is 4.79 Å². The van der Waals surface area contributed by atoms with Crippen LogP contribution in [0.25, 0.3) is 17.2 Å². The van der Waals surface area contributed by atoms with Crippen LogP contribution >= 0.6 is 0 Å². The fourth-order valence-electron chi connectivity index (χ4n) is 2.17. The van der Waals surface area contributed by atoms with Crippen molar-refractivity contribution in [1.29, 1.82) is 0 Å². The number of aromatic amines is 1. The van der Waals surface area contributed by atoms with Crippen molar-refractivity contribution in [2.45, 2.75) is 13.8 Å². The normalized spacial score (nSPS) is 10.8. The standard InChI is InChI=1S/C15H15N5O/c1-9-4-3-5-11(6-9)12-8-13(16)20(19-12)15-17-10(2)7-14(21)18-15/h3-8H,16H2,1-2H3,(H,17,18,21). The molecule has 0 spiro atoms. The van der Waals surface area contributed by atoms with Crippen LogP contribution in [0.1, 0.15) is 11.3 Å². The molecule has 0 aliphatic rings. The van der Waals surface area contributed by atoms with Crippen LogP contribution < -0.4 is 11.3 Å². The predicted octanol–water partition coefficient (Wildman–Crippen LogP) is 1.82. The number of nitrogens with one attached hydrogen (secondary N) is 1. The van der Waals surface area contributed by atoms with Gasteiger partial charge in [-0.05, 0) is 19.9 Å². The molecule has 0 aliphatic carbocycles. The van der Waals surface area contributed by atoms with Crippen molar-refractivity contribution in [3.8, 4) is 17.2 Å². The number of rotatable bonds is 2. The number of hydrogen-bond acceptors (Lipinski definition) is 4. The highest BCUT2D eigenvalue weighted by molar-refractivity contribution is 5.63. The van der Waals surface area contributed by atoms with E-state index in [2.05, 4.69) is 15.1 Å². The highest BCUT2D eigenvalue weighted by atomic mass is 16.1. The second kappa shape index (κ2) is 4.90. The number of aromatic nitrogens is 4. The summed E-state index contributed by atoms with van der Waals surface area (Å²) in [5, 5.41) is 4.43. The average molecular weight is 281 g/mol. The SMILES string of the molecule is Cc1cccc(-c2cc(N)n(-c3nc(C)cc(=O)[nH]3)n2)c1. The summed E-state index contributed by atoms with van der Waals surface area (Å²) in [6.45, 7) is 3.77. The Balaban J connectivity index is 2.11. The summed E-state index contributed by atoms with van der Waals surface area (Å²) < 4.78 is 1.44. The summed E-state index contributed by atoms with van der Waals surface area (Å²) in [6.07, 6.45) is 0. The van der Waals surface area contributed by atoms with Crippen LogP contribution in [0.15, 0.2) is 41.2 Å². The first-order valence-electron chi connectivity index (χ1n) is 6.54. The van der Waals surface area contributed by atoms with E-state index in [1.807, 2.05) is 31.2 Å².